The van der Waals surface area contributed by atoms with Crippen LogP contribution < -0.4 is 19.8 Å². The summed E-state index contributed by atoms with van der Waals surface area (Å²) < 4.78 is 11.1. The van der Waals surface area contributed by atoms with Crippen molar-refractivity contribution < 1.29 is 14.3 Å². The van der Waals surface area contributed by atoms with E-state index in [1.807, 2.05) is 55.5 Å². The Kier molecular flexibility index (Phi) is 6.95. The van der Waals surface area contributed by atoms with Crippen LogP contribution >= 0.6 is 11.8 Å². The van der Waals surface area contributed by atoms with Gasteiger partial charge >= 0.3 is 0 Å². The Morgan fingerprint density at radius 3 is 2.61 bits per heavy atom. The summed E-state index contributed by atoms with van der Waals surface area (Å²) >= 11 is 1.26. The minimum atomic E-state index is -0.118. The summed E-state index contributed by atoms with van der Waals surface area (Å²) in [5, 5.41) is 4.22. The van der Waals surface area contributed by atoms with E-state index in [-0.39, 0.29) is 10.5 Å². The molecular formula is C28H28N4O3S. The van der Waals surface area contributed by atoms with Crippen molar-refractivity contribution in [3.8, 4) is 11.5 Å². The third kappa shape index (κ3) is 4.81. The molecule has 7 nitrogen and oxygen atoms in total. The number of nitrogens with zero attached hydrogens (tertiary/aromatic N) is 3. The molecule has 1 amide bonds. The Labute approximate surface area is 215 Å². The summed E-state index contributed by atoms with van der Waals surface area (Å²) in [6.45, 7) is 2.85. The molecule has 3 aromatic carbocycles. The number of hydrogen-bond acceptors (Lipinski definition) is 6. The highest BCUT2D eigenvalue weighted by Crippen LogP contribution is 2.34. The fourth-order valence-electron chi connectivity index (χ4n) is 4.60. The van der Waals surface area contributed by atoms with E-state index in [0.29, 0.717) is 11.5 Å². The quantitative estimate of drug-likeness (QED) is 0.355. The number of methoxy groups -OCH3 is 2. The SMILES string of the molecule is COc1ccc(/C(=N/c2ccccc2)N2CCCc3cc(C4=NNC(=O)SC4C)ccc32)cc1OC. The number of para-hydroxylation sites is 1. The van der Waals surface area contributed by atoms with Gasteiger partial charge in [-0.2, -0.15) is 5.10 Å². The predicted molar refractivity (Wildman–Crippen MR) is 146 cm³/mol. The van der Waals surface area contributed by atoms with Crippen LogP contribution in [-0.2, 0) is 6.42 Å². The van der Waals surface area contributed by atoms with E-state index in [1.165, 1.54) is 17.3 Å². The van der Waals surface area contributed by atoms with E-state index in [2.05, 4.69) is 33.6 Å². The van der Waals surface area contributed by atoms with Crippen molar-refractivity contribution in [2.75, 3.05) is 25.7 Å². The van der Waals surface area contributed by atoms with E-state index < -0.39 is 0 Å². The maximum atomic E-state index is 11.7. The summed E-state index contributed by atoms with van der Waals surface area (Å²) in [4.78, 5) is 19.0. The van der Waals surface area contributed by atoms with Gasteiger partial charge in [-0.25, -0.2) is 10.4 Å². The van der Waals surface area contributed by atoms with Crippen LogP contribution in [0.2, 0.25) is 0 Å². The van der Waals surface area contributed by atoms with E-state index >= 15 is 0 Å². The number of fused-ring (bicyclic) bond motifs is 1. The lowest BCUT2D eigenvalue weighted by Gasteiger charge is -2.33. The molecule has 2 heterocycles. The molecule has 1 atom stereocenters. The molecule has 36 heavy (non-hydrogen) atoms. The molecule has 8 heteroatoms. The fourth-order valence-corrected chi connectivity index (χ4v) is 5.32. The molecule has 3 aromatic rings. The molecule has 2 aliphatic heterocycles. The second-order valence-corrected chi connectivity index (χ2v) is 9.91. The lowest BCUT2D eigenvalue weighted by atomic mass is 9.96. The summed E-state index contributed by atoms with van der Waals surface area (Å²) in [7, 11) is 3.28. The molecule has 0 saturated heterocycles. The average molecular weight is 501 g/mol. The van der Waals surface area contributed by atoms with Gasteiger partial charge in [0, 0.05) is 17.8 Å². The van der Waals surface area contributed by atoms with Crippen LogP contribution in [0.25, 0.3) is 0 Å². The molecule has 0 saturated carbocycles. The highest BCUT2D eigenvalue weighted by Gasteiger charge is 2.27. The van der Waals surface area contributed by atoms with Gasteiger partial charge < -0.3 is 14.4 Å². The van der Waals surface area contributed by atoms with Crippen molar-refractivity contribution in [1.82, 2.24) is 5.43 Å². The van der Waals surface area contributed by atoms with Gasteiger partial charge in [0.25, 0.3) is 5.24 Å². The lowest BCUT2D eigenvalue weighted by molar-refractivity contribution is 0.261. The van der Waals surface area contributed by atoms with Crippen molar-refractivity contribution in [3.05, 3.63) is 83.4 Å². The zero-order valence-corrected chi connectivity index (χ0v) is 21.3. The average Bonchev–Trinajstić information content (AvgIpc) is 2.91. The van der Waals surface area contributed by atoms with Crippen LogP contribution in [0.15, 0.2) is 76.8 Å². The lowest BCUT2D eigenvalue weighted by Crippen LogP contribution is -2.36. The number of nitrogens with one attached hydrogen (secondary N) is 1. The van der Waals surface area contributed by atoms with Gasteiger partial charge in [0.1, 0.15) is 5.84 Å². The molecule has 1 N–H and O–H groups in total. The number of carbonyl (C=O) groups excluding carboxylic acids is 1. The first-order valence-corrected chi connectivity index (χ1v) is 12.8. The molecule has 0 spiro atoms. The van der Waals surface area contributed by atoms with Crippen molar-refractivity contribution in [3.63, 3.8) is 0 Å². The van der Waals surface area contributed by atoms with Gasteiger partial charge in [-0.05, 0) is 73.4 Å². The first-order chi connectivity index (χ1) is 17.6. The zero-order valence-electron chi connectivity index (χ0n) is 20.5. The number of aliphatic imine (C=N–C) groups is 1. The molecule has 0 aliphatic carbocycles. The maximum Gasteiger partial charge on any atom is 0.299 e. The number of amidine groups is 1. The maximum absolute atomic E-state index is 11.7. The summed E-state index contributed by atoms with van der Waals surface area (Å²) in [6, 6.07) is 22.3. The number of amides is 1. The molecular weight excluding hydrogens is 472 g/mol. The van der Waals surface area contributed by atoms with E-state index in [9.17, 15) is 4.79 Å². The first kappa shape index (κ1) is 23.9. The van der Waals surface area contributed by atoms with E-state index in [1.54, 1.807) is 14.2 Å². The van der Waals surface area contributed by atoms with Crippen molar-refractivity contribution in [1.29, 1.82) is 0 Å². The Hall–Kier alpha value is -3.78. The van der Waals surface area contributed by atoms with Gasteiger partial charge in [0.05, 0.1) is 30.9 Å². The Morgan fingerprint density at radius 1 is 1.06 bits per heavy atom. The molecule has 0 fully saturated rings. The molecule has 184 valence electrons. The number of anilines is 1. The minimum Gasteiger partial charge on any atom is -0.493 e. The smallest absolute Gasteiger partial charge is 0.299 e. The monoisotopic (exact) mass is 500 g/mol. The highest BCUT2D eigenvalue weighted by atomic mass is 32.2. The number of aryl methyl sites for hydroxylation is 1. The van der Waals surface area contributed by atoms with Crippen LogP contribution in [0, 0.1) is 0 Å². The first-order valence-electron chi connectivity index (χ1n) is 11.9. The fraction of sp³-hybridized carbons (Fsp3) is 0.250. The third-order valence-corrected chi connectivity index (χ3v) is 7.20. The normalized spacial score (nSPS) is 17.7. The standard InChI is InChI=1S/C28H28N4O3S/c1-18-26(30-31-28(33)36-18)20-11-13-23-19(16-20)8-7-15-32(23)27(29-22-9-5-4-6-10-22)21-12-14-24(34-2)25(17-21)35-3/h4-6,9-14,16-18H,7-8,15H2,1-3H3,(H,31,33)/b29-27-. The Bertz CT molecular complexity index is 1340. The number of carbonyl (C=O) groups is 1. The van der Waals surface area contributed by atoms with Gasteiger partial charge in [-0.1, -0.05) is 36.0 Å². The number of benzene rings is 3. The number of thioether (sulfide) groups is 1. The molecule has 5 rings (SSSR count). The molecule has 0 bridgehead atoms. The van der Waals surface area contributed by atoms with Crippen LogP contribution in [-0.4, -0.2) is 42.8 Å². The van der Waals surface area contributed by atoms with Crippen molar-refractivity contribution in [2.24, 2.45) is 10.1 Å². The Balaban J connectivity index is 1.59. The van der Waals surface area contributed by atoms with Crippen molar-refractivity contribution >= 4 is 39.9 Å². The number of hydrogen-bond donors (Lipinski definition) is 1. The van der Waals surface area contributed by atoms with E-state index in [4.69, 9.17) is 14.5 Å². The summed E-state index contributed by atoms with van der Waals surface area (Å²) in [5.74, 6) is 2.19. The highest BCUT2D eigenvalue weighted by molar-refractivity contribution is 8.14. The Morgan fingerprint density at radius 2 is 1.86 bits per heavy atom. The molecule has 0 radical (unpaired) electrons. The van der Waals surface area contributed by atoms with E-state index in [0.717, 1.165) is 53.4 Å². The molecule has 0 aromatic heterocycles. The number of rotatable bonds is 5. The van der Waals surface area contributed by atoms with Crippen LogP contribution in [0.4, 0.5) is 16.2 Å². The van der Waals surface area contributed by atoms with Gasteiger partial charge in [-0.3, -0.25) is 4.79 Å². The second-order valence-electron chi connectivity index (χ2n) is 8.60. The van der Waals surface area contributed by atoms with Crippen LogP contribution in [0.5, 0.6) is 11.5 Å². The van der Waals surface area contributed by atoms with Gasteiger partial charge in [0.15, 0.2) is 11.5 Å². The third-order valence-electron chi connectivity index (χ3n) is 6.32. The summed E-state index contributed by atoms with van der Waals surface area (Å²) in [5.41, 5.74) is 8.69. The molecule has 2 aliphatic rings. The summed E-state index contributed by atoms with van der Waals surface area (Å²) in [6.07, 6.45) is 1.95. The van der Waals surface area contributed by atoms with Crippen LogP contribution in [0.1, 0.15) is 30.0 Å². The topological polar surface area (TPSA) is 75.5 Å². The predicted octanol–water partition coefficient (Wildman–Crippen LogP) is 5.78. The number of hydrazone groups is 1. The van der Waals surface area contributed by atoms with Crippen molar-refractivity contribution in [2.45, 2.75) is 25.0 Å². The number of ether oxygens (including phenoxy) is 2. The van der Waals surface area contributed by atoms with Crippen LogP contribution in [0.3, 0.4) is 0 Å². The molecule has 1 unspecified atom stereocenters. The zero-order chi connectivity index (χ0) is 25.1. The largest absolute Gasteiger partial charge is 0.493 e. The van der Waals surface area contributed by atoms with Gasteiger partial charge in [-0.15, -0.1) is 0 Å². The van der Waals surface area contributed by atoms with Gasteiger partial charge in [0.2, 0.25) is 0 Å². The second kappa shape index (κ2) is 10.5. The minimum absolute atomic E-state index is 0.00142.